The number of nitrogens with one attached hydrogen (secondary N) is 1. The summed E-state index contributed by atoms with van der Waals surface area (Å²) in [6, 6.07) is 8.92. The lowest BCUT2D eigenvalue weighted by Crippen LogP contribution is -2.20. The van der Waals surface area contributed by atoms with Crippen molar-refractivity contribution >= 4 is 23.6 Å². The average molecular weight is 406 g/mol. The van der Waals surface area contributed by atoms with E-state index in [1.165, 1.54) is 13.2 Å². The quantitative estimate of drug-likeness (QED) is 0.636. The molecule has 0 saturated carbocycles. The molecule has 28 heavy (non-hydrogen) atoms. The molecule has 0 atom stereocenters. The zero-order valence-corrected chi connectivity index (χ0v) is 17.1. The van der Waals surface area contributed by atoms with Crippen LogP contribution in [0.15, 0.2) is 36.4 Å². The van der Waals surface area contributed by atoms with Crippen LogP contribution in [0.4, 0.5) is 0 Å². The molecule has 1 N–H and O–H groups in total. The van der Waals surface area contributed by atoms with Crippen LogP contribution in [0.1, 0.15) is 18.1 Å². The minimum atomic E-state index is -0.244. The zero-order chi connectivity index (χ0) is 20.5. The molecule has 0 saturated heterocycles. The molecule has 0 aliphatic heterocycles. The highest BCUT2D eigenvalue weighted by molar-refractivity contribution is 6.32. The van der Waals surface area contributed by atoms with Gasteiger partial charge in [-0.05, 0) is 48.4 Å². The van der Waals surface area contributed by atoms with E-state index < -0.39 is 0 Å². The Morgan fingerprint density at radius 2 is 1.71 bits per heavy atom. The van der Waals surface area contributed by atoms with Gasteiger partial charge in [-0.2, -0.15) is 0 Å². The van der Waals surface area contributed by atoms with Crippen molar-refractivity contribution in [1.29, 1.82) is 0 Å². The first-order valence-corrected chi connectivity index (χ1v) is 9.06. The fraction of sp³-hybridized carbons (Fsp3) is 0.286. The van der Waals surface area contributed by atoms with Crippen LogP contribution in [0.5, 0.6) is 23.0 Å². The van der Waals surface area contributed by atoms with E-state index >= 15 is 0 Å². The number of methoxy groups -OCH3 is 3. The van der Waals surface area contributed by atoms with Crippen LogP contribution in [0.3, 0.4) is 0 Å². The smallest absolute Gasteiger partial charge is 0.244 e. The molecule has 2 rings (SSSR count). The van der Waals surface area contributed by atoms with E-state index in [0.29, 0.717) is 41.2 Å². The monoisotopic (exact) mass is 405 g/mol. The summed E-state index contributed by atoms with van der Waals surface area (Å²) in [5, 5.41) is 3.24. The third-order valence-corrected chi connectivity index (χ3v) is 4.12. The maximum Gasteiger partial charge on any atom is 0.244 e. The van der Waals surface area contributed by atoms with Gasteiger partial charge in [0.05, 0.1) is 33.0 Å². The summed E-state index contributed by atoms with van der Waals surface area (Å²) >= 11 is 6.22. The molecule has 0 spiro atoms. The molecule has 150 valence electrons. The lowest BCUT2D eigenvalue weighted by Gasteiger charge is -2.11. The molecule has 7 heteroatoms. The molecule has 0 aliphatic carbocycles. The highest BCUT2D eigenvalue weighted by Crippen LogP contribution is 2.36. The first-order chi connectivity index (χ1) is 13.5. The highest BCUT2D eigenvalue weighted by atomic mass is 35.5. The Hall–Kier alpha value is -2.86. The number of carbonyl (C=O) groups excluding carboxylic acids is 1. The summed E-state index contributed by atoms with van der Waals surface area (Å²) in [5.74, 6) is 2.08. The second-order valence-corrected chi connectivity index (χ2v) is 6.15. The van der Waals surface area contributed by atoms with E-state index in [1.54, 1.807) is 38.5 Å². The fourth-order valence-corrected chi connectivity index (χ4v) is 2.83. The Labute approximate surface area is 170 Å². The van der Waals surface area contributed by atoms with Crippen molar-refractivity contribution in [2.75, 3.05) is 27.9 Å². The number of hydrogen-bond acceptors (Lipinski definition) is 5. The molecule has 0 aliphatic rings. The Kier molecular flexibility index (Phi) is 8.02. The first kappa shape index (κ1) is 21.4. The van der Waals surface area contributed by atoms with E-state index in [4.69, 9.17) is 30.5 Å². The van der Waals surface area contributed by atoms with Crippen molar-refractivity contribution in [2.24, 2.45) is 0 Å². The summed E-state index contributed by atoms with van der Waals surface area (Å²) in [5.41, 5.74) is 1.59. The van der Waals surface area contributed by atoms with Crippen molar-refractivity contribution < 1.29 is 23.7 Å². The molecule has 2 aromatic carbocycles. The van der Waals surface area contributed by atoms with Gasteiger partial charge in [0.1, 0.15) is 11.5 Å². The molecule has 0 aromatic heterocycles. The van der Waals surface area contributed by atoms with Gasteiger partial charge < -0.3 is 24.3 Å². The number of hydrogen-bond donors (Lipinski definition) is 1. The fourth-order valence-electron chi connectivity index (χ4n) is 2.53. The summed E-state index contributed by atoms with van der Waals surface area (Å²) < 4.78 is 21.2. The average Bonchev–Trinajstić information content (AvgIpc) is 2.70. The van der Waals surface area contributed by atoms with Gasteiger partial charge in [0.2, 0.25) is 5.91 Å². The van der Waals surface area contributed by atoms with E-state index in [0.717, 1.165) is 11.1 Å². The number of benzene rings is 2. The van der Waals surface area contributed by atoms with Gasteiger partial charge in [-0.25, -0.2) is 0 Å². The van der Waals surface area contributed by atoms with Crippen LogP contribution in [-0.2, 0) is 11.3 Å². The third-order valence-electron chi connectivity index (χ3n) is 3.84. The Bertz CT molecular complexity index is 829. The van der Waals surface area contributed by atoms with Gasteiger partial charge in [0, 0.05) is 18.7 Å². The minimum Gasteiger partial charge on any atom is -0.497 e. The number of halogens is 1. The van der Waals surface area contributed by atoms with Crippen LogP contribution in [-0.4, -0.2) is 33.8 Å². The third kappa shape index (κ3) is 5.82. The molecular formula is C21H24ClNO5. The van der Waals surface area contributed by atoms with Gasteiger partial charge in [0.15, 0.2) is 11.5 Å². The normalized spacial score (nSPS) is 10.6. The maximum absolute atomic E-state index is 12.2. The predicted octanol–water partition coefficient (Wildman–Crippen LogP) is 4.09. The molecule has 2 aromatic rings. The Balaban J connectivity index is 2.06. The molecule has 0 bridgehead atoms. The molecule has 0 radical (unpaired) electrons. The molecular weight excluding hydrogens is 382 g/mol. The van der Waals surface area contributed by atoms with Crippen molar-refractivity contribution in [3.8, 4) is 23.0 Å². The van der Waals surface area contributed by atoms with Crippen molar-refractivity contribution in [2.45, 2.75) is 13.5 Å². The number of carbonyl (C=O) groups is 1. The highest BCUT2D eigenvalue weighted by Gasteiger charge is 2.10. The standard InChI is InChI=1S/C21H24ClNO5/c1-5-28-19-11-14(10-18(22)21(19)27-4)6-7-20(24)23-13-15-8-16(25-2)12-17(9-15)26-3/h6-12H,5,13H2,1-4H3,(H,23,24)/b7-6+. The topological polar surface area (TPSA) is 66.0 Å². The largest absolute Gasteiger partial charge is 0.497 e. The Morgan fingerprint density at radius 1 is 1.04 bits per heavy atom. The van der Waals surface area contributed by atoms with Crippen molar-refractivity contribution in [3.05, 3.63) is 52.6 Å². The van der Waals surface area contributed by atoms with Crippen LogP contribution >= 0.6 is 11.6 Å². The van der Waals surface area contributed by atoms with Crippen LogP contribution in [0.2, 0.25) is 5.02 Å². The molecule has 0 fully saturated rings. The summed E-state index contributed by atoms with van der Waals surface area (Å²) in [7, 11) is 4.69. The van der Waals surface area contributed by atoms with Crippen LogP contribution in [0.25, 0.3) is 6.08 Å². The maximum atomic E-state index is 12.2. The summed E-state index contributed by atoms with van der Waals surface area (Å²) in [6.45, 7) is 2.69. The second-order valence-electron chi connectivity index (χ2n) is 5.74. The van der Waals surface area contributed by atoms with Gasteiger partial charge >= 0.3 is 0 Å². The molecule has 1 amide bonds. The van der Waals surface area contributed by atoms with Crippen molar-refractivity contribution in [1.82, 2.24) is 5.32 Å². The van der Waals surface area contributed by atoms with Crippen molar-refractivity contribution in [3.63, 3.8) is 0 Å². The lowest BCUT2D eigenvalue weighted by atomic mass is 10.1. The number of rotatable bonds is 9. The molecule has 0 heterocycles. The van der Waals surface area contributed by atoms with Crippen LogP contribution < -0.4 is 24.3 Å². The number of amides is 1. The molecule has 0 unspecified atom stereocenters. The van der Waals surface area contributed by atoms with Crippen LogP contribution in [0, 0.1) is 0 Å². The summed E-state index contributed by atoms with van der Waals surface area (Å²) in [4.78, 5) is 12.2. The van der Waals surface area contributed by atoms with Gasteiger partial charge in [-0.3, -0.25) is 4.79 Å². The second kappa shape index (κ2) is 10.5. The molecule has 6 nitrogen and oxygen atoms in total. The van der Waals surface area contributed by atoms with E-state index in [1.807, 2.05) is 19.1 Å². The van der Waals surface area contributed by atoms with E-state index in [-0.39, 0.29) is 5.91 Å². The Morgan fingerprint density at radius 3 is 2.29 bits per heavy atom. The van der Waals surface area contributed by atoms with E-state index in [9.17, 15) is 4.79 Å². The minimum absolute atomic E-state index is 0.244. The number of ether oxygens (including phenoxy) is 4. The van der Waals surface area contributed by atoms with Gasteiger partial charge in [-0.15, -0.1) is 0 Å². The summed E-state index contributed by atoms with van der Waals surface area (Å²) in [6.07, 6.45) is 3.10. The lowest BCUT2D eigenvalue weighted by molar-refractivity contribution is -0.116. The van der Waals surface area contributed by atoms with E-state index in [2.05, 4.69) is 5.32 Å². The van der Waals surface area contributed by atoms with Gasteiger partial charge in [0.25, 0.3) is 0 Å². The predicted molar refractivity (Wildman–Crippen MR) is 110 cm³/mol. The SMILES string of the molecule is CCOc1cc(/C=C/C(=O)NCc2cc(OC)cc(OC)c2)cc(Cl)c1OC. The first-order valence-electron chi connectivity index (χ1n) is 8.68. The zero-order valence-electron chi connectivity index (χ0n) is 16.4. The van der Waals surface area contributed by atoms with Gasteiger partial charge in [-0.1, -0.05) is 11.6 Å².